The van der Waals surface area contributed by atoms with E-state index in [1.54, 1.807) is 11.3 Å². The molecule has 0 radical (unpaired) electrons. The monoisotopic (exact) mass is 381 g/mol. The Labute approximate surface area is 141 Å². The highest BCUT2D eigenvalue weighted by atomic mass is 79.9. The molecule has 21 heavy (non-hydrogen) atoms. The van der Waals surface area contributed by atoms with Gasteiger partial charge in [-0.3, -0.25) is 4.79 Å². The maximum atomic E-state index is 12.4. The van der Waals surface area contributed by atoms with E-state index in [1.165, 1.54) is 16.2 Å². The first kappa shape index (κ1) is 15.1. The standard InChI is InChI=1S/C16H16BrNOS2/c1-10(11-2-4-13(17)5-3-11)18-16(19)15-8-12-9-20-7-6-14(12)21-15/h2-5,8,10H,6-7,9H2,1H3,(H,18,19). The summed E-state index contributed by atoms with van der Waals surface area (Å²) in [6.45, 7) is 2.02. The Bertz CT molecular complexity index is 627. The highest BCUT2D eigenvalue weighted by Crippen LogP contribution is 2.32. The molecule has 0 bridgehead atoms. The van der Waals surface area contributed by atoms with Gasteiger partial charge in [0.05, 0.1) is 10.9 Å². The molecule has 0 spiro atoms. The zero-order valence-corrected chi connectivity index (χ0v) is 14.9. The second-order valence-corrected chi connectivity index (χ2v) is 8.27. The van der Waals surface area contributed by atoms with E-state index in [1.807, 2.05) is 43.0 Å². The van der Waals surface area contributed by atoms with Crippen LogP contribution in [0.2, 0.25) is 0 Å². The lowest BCUT2D eigenvalue weighted by atomic mass is 10.1. The molecule has 1 unspecified atom stereocenters. The zero-order chi connectivity index (χ0) is 14.8. The van der Waals surface area contributed by atoms with E-state index < -0.39 is 0 Å². The molecule has 1 aromatic carbocycles. The van der Waals surface area contributed by atoms with Gasteiger partial charge in [0.1, 0.15) is 0 Å². The molecule has 1 atom stereocenters. The summed E-state index contributed by atoms with van der Waals surface area (Å²) in [5.41, 5.74) is 2.46. The lowest BCUT2D eigenvalue weighted by Gasteiger charge is -2.13. The lowest BCUT2D eigenvalue weighted by Crippen LogP contribution is -2.25. The number of hydrogen-bond donors (Lipinski definition) is 1. The van der Waals surface area contributed by atoms with Crippen molar-refractivity contribution in [2.45, 2.75) is 25.1 Å². The Morgan fingerprint density at radius 3 is 2.81 bits per heavy atom. The highest BCUT2D eigenvalue weighted by molar-refractivity contribution is 9.10. The number of halogens is 1. The topological polar surface area (TPSA) is 29.1 Å². The van der Waals surface area contributed by atoms with Crippen LogP contribution in [0.15, 0.2) is 34.8 Å². The number of carbonyl (C=O) groups excluding carboxylic acids is 1. The summed E-state index contributed by atoms with van der Waals surface area (Å²) >= 11 is 7.02. The first-order chi connectivity index (χ1) is 10.1. The van der Waals surface area contributed by atoms with Crippen molar-refractivity contribution in [3.8, 4) is 0 Å². The minimum atomic E-state index is 0.0131. The van der Waals surface area contributed by atoms with Crippen LogP contribution >= 0.6 is 39.0 Å². The van der Waals surface area contributed by atoms with Gasteiger partial charge in [0, 0.05) is 15.1 Å². The predicted octanol–water partition coefficient (Wildman–Crippen LogP) is 4.79. The SMILES string of the molecule is CC(NC(=O)c1cc2c(s1)CCSC2)c1ccc(Br)cc1. The van der Waals surface area contributed by atoms with Crippen LogP contribution in [0.1, 0.15) is 38.6 Å². The van der Waals surface area contributed by atoms with E-state index in [2.05, 4.69) is 27.3 Å². The molecule has 5 heteroatoms. The molecule has 1 aromatic heterocycles. The fourth-order valence-electron chi connectivity index (χ4n) is 2.36. The molecule has 1 amide bonds. The summed E-state index contributed by atoms with van der Waals surface area (Å²) in [6.07, 6.45) is 1.10. The minimum Gasteiger partial charge on any atom is -0.345 e. The van der Waals surface area contributed by atoms with Crippen molar-refractivity contribution in [2.75, 3.05) is 5.75 Å². The smallest absolute Gasteiger partial charge is 0.261 e. The number of carbonyl (C=O) groups is 1. The van der Waals surface area contributed by atoms with Crippen molar-refractivity contribution in [3.63, 3.8) is 0 Å². The third kappa shape index (κ3) is 3.52. The van der Waals surface area contributed by atoms with E-state index in [9.17, 15) is 4.79 Å². The number of amides is 1. The summed E-state index contributed by atoms with van der Waals surface area (Å²) < 4.78 is 1.05. The molecule has 0 saturated heterocycles. The van der Waals surface area contributed by atoms with Crippen molar-refractivity contribution >= 4 is 44.9 Å². The van der Waals surface area contributed by atoms with E-state index in [0.29, 0.717) is 0 Å². The summed E-state index contributed by atoms with van der Waals surface area (Å²) in [4.78, 5) is 14.6. The first-order valence-electron chi connectivity index (χ1n) is 6.89. The van der Waals surface area contributed by atoms with Crippen LogP contribution in [0.4, 0.5) is 0 Å². The van der Waals surface area contributed by atoms with Gasteiger partial charge in [-0.2, -0.15) is 11.8 Å². The molecule has 0 saturated carbocycles. The molecule has 1 aliphatic rings. The third-order valence-corrected chi connectivity index (χ3v) is 6.34. The third-order valence-electron chi connectivity index (χ3n) is 3.57. The Hall–Kier alpha value is -0.780. The fourth-order valence-corrected chi connectivity index (χ4v) is 4.90. The first-order valence-corrected chi connectivity index (χ1v) is 9.65. The van der Waals surface area contributed by atoms with E-state index in [-0.39, 0.29) is 11.9 Å². The van der Waals surface area contributed by atoms with Gasteiger partial charge >= 0.3 is 0 Å². The average molecular weight is 382 g/mol. The van der Waals surface area contributed by atoms with Crippen molar-refractivity contribution < 1.29 is 4.79 Å². The van der Waals surface area contributed by atoms with Crippen molar-refractivity contribution in [1.29, 1.82) is 0 Å². The van der Waals surface area contributed by atoms with Crippen LogP contribution < -0.4 is 5.32 Å². The maximum Gasteiger partial charge on any atom is 0.261 e. The highest BCUT2D eigenvalue weighted by Gasteiger charge is 2.18. The maximum absolute atomic E-state index is 12.4. The van der Waals surface area contributed by atoms with Gasteiger partial charge in [-0.1, -0.05) is 28.1 Å². The van der Waals surface area contributed by atoms with Gasteiger partial charge in [-0.25, -0.2) is 0 Å². The van der Waals surface area contributed by atoms with Crippen LogP contribution in [0, 0.1) is 0 Å². The molecule has 110 valence electrons. The van der Waals surface area contributed by atoms with Crippen LogP contribution in [-0.2, 0) is 12.2 Å². The van der Waals surface area contributed by atoms with Gasteiger partial charge in [0.25, 0.3) is 5.91 Å². The molecule has 0 fully saturated rings. The van der Waals surface area contributed by atoms with Crippen LogP contribution in [0.25, 0.3) is 0 Å². The number of rotatable bonds is 3. The Kier molecular flexibility index (Phi) is 4.72. The van der Waals surface area contributed by atoms with Crippen LogP contribution in [0.3, 0.4) is 0 Å². The number of aryl methyl sites for hydroxylation is 1. The molecule has 2 aromatic rings. The predicted molar refractivity (Wildman–Crippen MR) is 94.2 cm³/mol. The molecule has 2 heterocycles. The van der Waals surface area contributed by atoms with E-state index >= 15 is 0 Å². The lowest BCUT2D eigenvalue weighted by molar-refractivity contribution is 0.0944. The second kappa shape index (κ2) is 6.55. The molecule has 1 aliphatic heterocycles. The molecule has 0 aliphatic carbocycles. The Balaban J connectivity index is 1.70. The fraction of sp³-hybridized carbons (Fsp3) is 0.312. The normalized spacial score (nSPS) is 15.3. The van der Waals surface area contributed by atoms with Crippen molar-refractivity contribution in [3.05, 3.63) is 55.7 Å². The molecular weight excluding hydrogens is 366 g/mol. The number of benzene rings is 1. The van der Waals surface area contributed by atoms with Gasteiger partial charge in [-0.15, -0.1) is 11.3 Å². The minimum absolute atomic E-state index is 0.0131. The second-order valence-electron chi connectivity index (χ2n) is 5.11. The van der Waals surface area contributed by atoms with Crippen LogP contribution in [-0.4, -0.2) is 11.7 Å². The van der Waals surface area contributed by atoms with Crippen molar-refractivity contribution in [1.82, 2.24) is 5.32 Å². The van der Waals surface area contributed by atoms with E-state index in [0.717, 1.165) is 27.1 Å². The Morgan fingerprint density at radius 1 is 1.33 bits per heavy atom. The molecule has 3 rings (SSSR count). The van der Waals surface area contributed by atoms with Gasteiger partial charge < -0.3 is 5.32 Å². The van der Waals surface area contributed by atoms with Crippen molar-refractivity contribution in [2.24, 2.45) is 0 Å². The van der Waals surface area contributed by atoms with E-state index in [4.69, 9.17) is 0 Å². The molecule has 2 nitrogen and oxygen atoms in total. The zero-order valence-electron chi connectivity index (χ0n) is 11.7. The van der Waals surface area contributed by atoms with Crippen LogP contribution in [0.5, 0.6) is 0 Å². The number of fused-ring (bicyclic) bond motifs is 1. The molecule has 1 N–H and O–H groups in total. The Morgan fingerprint density at radius 2 is 2.10 bits per heavy atom. The van der Waals surface area contributed by atoms with Gasteiger partial charge in [-0.05, 0) is 48.4 Å². The summed E-state index contributed by atoms with van der Waals surface area (Å²) in [5, 5.41) is 3.09. The number of nitrogens with one attached hydrogen (secondary N) is 1. The quantitative estimate of drug-likeness (QED) is 0.827. The summed E-state index contributed by atoms with van der Waals surface area (Å²) in [6, 6.07) is 10.1. The number of hydrogen-bond acceptors (Lipinski definition) is 3. The molecular formula is C16H16BrNOS2. The van der Waals surface area contributed by atoms with Gasteiger partial charge in [0.15, 0.2) is 0 Å². The summed E-state index contributed by atoms with van der Waals surface area (Å²) in [7, 11) is 0. The largest absolute Gasteiger partial charge is 0.345 e. The summed E-state index contributed by atoms with van der Waals surface area (Å²) in [5.74, 6) is 2.25. The number of thiophene rings is 1. The average Bonchev–Trinajstić information content (AvgIpc) is 2.92. The number of thioether (sulfide) groups is 1. The van der Waals surface area contributed by atoms with Gasteiger partial charge in [0.2, 0.25) is 0 Å².